The smallest absolute Gasteiger partial charge is 0.410 e. The largest absolute Gasteiger partial charge is 0.474 e. The Morgan fingerprint density at radius 1 is 1.43 bits per heavy atom. The highest BCUT2D eigenvalue weighted by atomic mass is 32.1. The van der Waals surface area contributed by atoms with Crippen LogP contribution in [0, 0.1) is 0 Å². The van der Waals surface area contributed by atoms with E-state index in [-0.39, 0.29) is 6.09 Å². The maximum Gasteiger partial charge on any atom is 0.410 e. The highest BCUT2D eigenvalue weighted by molar-refractivity contribution is 6.99. The van der Waals surface area contributed by atoms with Crippen molar-refractivity contribution < 1.29 is 14.3 Å². The van der Waals surface area contributed by atoms with Gasteiger partial charge in [0.25, 0.3) is 5.88 Å². The van der Waals surface area contributed by atoms with E-state index < -0.39 is 0 Å². The zero-order valence-corrected chi connectivity index (χ0v) is 12.8. The van der Waals surface area contributed by atoms with E-state index >= 15 is 0 Å². The van der Waals surface area contributed by atoms with E-state index in [1.165, 1.54) is 0 Å². The van der Waals surface area contributed by atoms with Gasteiger partial charge in [0.05, 0.1) is 24.8 Å². The second kappa shape index (κ2) is 6.40. The van der Waals surface area contributed by atoms with Crippen LogP contribution in [0.1, 0.15) is 12.1 Å². The molecule has 0 aliphatic carbocycles. The van der Waals surface area contributed by atoms with Crippen molar-refractivity contribution in [2.45, 2.75) is 6.42 Å². The molecule has 2 aliphatic rings. The Morgan fingerprint density at radius 2 is 2.33 bits per heavy atom. The fraction of sp³-hybridized carbons (Fsp3) is 0.615. The second-order valence-electron chi connectivity index (χ2n) is 5.12. The molecule has 1 amide bonds. The second-order valence-corrected chi connectivity index (χ2v) is 5.65. The molecule has 0 bridgehead atoms. The molecular weight excluding hydrogens is 292 g/mol. The predicted octanol–water partition coefficient (Wildman–Crippen LogP) is 1.09. The maximum atomic E-state index is 11.3. The average Bonchev–Trinajstić information content (AvgIpc) is 3.09. The van der Waals surface area contributed by atoms with Crippen molar-refractivity contribution in [1.29, 1.82) is 0 Å². The summed E-state index contributed by atoms with van der Waals surface area (Å²) in [5.41, 5.74) is 1.99. The molecule has 2 aliphatic heterocycles. The quantitative estimate of drug-likeness (QED) is 0.811. The number of carbonyl (C=O) groups is 1. The molecule has 8 heteroatoms. The molecule has 0 spiro atoms. The van der Waals surface area contributed by atoms with Gasteiger partial charge in [0.15, 0.2) is 0 Å². The van der Waals surface area contributed by atoms with Crippen molar-refractivity contribution in [2.24, 2.45) is 0 Å². The number of carbonyl (C=O) groups excluding carboxylic acids is 1. The molecule has 0 radical (unpaired) electrons. The third kappa shape index (κ3) is 3.33. The molecule has 0 N–H and O–H groups in total. The van der Waals surface area contributed by atoms with Crippen LogP contribution in [-0.2, 0) is 4.74 Å². The zero-order valence-electron chi connectivity index (χ0n) is 11.9. The number of hydrogen-bond acceptors (Lipinski definition) is 7. The first-order valence-corrected chi connectivity index (χ1v) is 7.72. The van der Waals surface area contributed by atoms with Gasteiger partial charge in [0, 0.05) is 13.1 Å². The molecule has 114 valence electrons. The van der Waals surface area contributed by atoms with Crippen molar-refractivity contribution in [3.8, 4) is 5.88 Å². The molecular formula is C13H18N4O3S. The molecule has 3 rings (SSSR count). The summed E-state index contributed by atoms with van der Waals surface area (Å²) in [7, 11) is 2.09. The summed E-state index contributed by atoms with van der Waals surface area (Å²) in [6.45, 7) is 3.92. The lowest BCUT2D eigenvalue weighted by Gasteiger charge is -2.22. The van der Waals surface area contributed by atoms with Crippen molar-refractivity contribution in [2.75, 3.05) is 46.4 Å². The van der Waals surface area contributed by atoms with E-state index in [0.717, 1.165) is 42.5 Å². The van der Waals surface area contributed by atoms with Crippen molar-refractivity contribution in [3.63, 3.8) is 0 Å². The van der Waals surface area contributed by atoms with E-state index in [1.807, 2.05) is 0 Å². The summed E-state index contributed by atoms with van der Waals surface area (Å²) < 4.78 is 19.1. The van der Waals surface area contributed by atoms with Gasteiger partial charge in [-0.15, -0.1) is 4.37 Å². The monoisotopic (exact) mass is 310 g/mol. The van der Waals surface area contributed by atoms with Gasteiger partial charge in [-0.3, -0.25) is 0 Å². The first kappa shape index (κ1) is 14.3. The van der Waals surface area contributed by atoms with Crippen LogP contribution in [-0.4, -0.2) is 71.1 Å². The summed E-state index contributed by atoms with van der Waals surface area (Å²) >= 11 is 1.15. The molecule has 21 heavy (non-hydrogen) atoms. The standard InChI is InChI=1S/C13H18N4O3S/c1-16-4-2-3-10(9-16)11-12(15-21-14-11)19-7-5-17-6-8-20-13(17)18/h3H,2,4-9H2,1H3. The normalized spacial score (nSPS) is 19.6. The molecule has 0 aromatic carbocycles. The van der Waals surface area contributed by atoms with E-state index in [4.69, 9.17) is 9.47 Å². The van der Waals surface area contributed by atoms with E-state index in [1.54, 1.807) is 4.90 Å². The van der Waals surface area contributed by atoms with Gasteiger partial charge in [-0.25, -0.2) is 4.79 Å². The van der Waals surface area contributed by atoms with Crippen LogP contribution in [0.3, 0.4) is 0 Å². The van der Waals surface area contributed by atoms with Crippen LogP contribution in [0.25, 0.3) is 5.57 Å². The fourth-order valence-corrected chi connectivity index (χ4v) is 2.95. The summed E-state index contributed by atoms with van der Waals surface area (Å²) in [4.78, 5) is 15.2. The molecule has 0 saturated carbocycles. The van der Waals surface area contributed by atoms with Crippen LogP contribution >= 0.6 is 11.7 Å². The average molecular weight is 310 g/mol. The Hall–Kier alpha value is -1.67. The minimum absolute atomic E-state index is 0.271. The zero-order chi connectivity index (χ0) is 14.7. The summed E-state index contributed by atoms with van der Waals surface area (Å²) in [6.07, 6.45) is 2.94. The molecule has 1 fully saturated rings. The molecule has 7 nitrogen and oxygen atoms in total. The molecule has 3 heterocycles. The van der Waals surface area contributed by atoms with Crippen LogP contribution in [0.2, 0.25) is 0 Å². The third-order valence-electron chi connectivity index (χ3n) is 3.55. The van der Waals surface area contributed by atoms with Gasteiger partial charge in [0.1, 0.15) is 18.9 Å². The van der Waals surface area contributed by atoms with Gasteiger partial charge in [-0.05, 0) is 19.0 Å². The van der Waals surface area contributed by atoms with Crippen molar-refractivity contribution in [3.05, 3.63) is 11.8 Å². The van der Waals surface area contributed by atoms with Gasteiger partial charge in [0.2, 0.25) is 0 Å². The number of rotatable bonds is 5. The lowest BCUT2D eigenvalue weighted by molar-refractivity contribution is 0.152. The minimum atomic E-state index is -0.271. The fourth-order valence-electron chi connectivity index (χ4n) is 2.42. The summed E-state index contributed by atoms with van der Waals surface area (Å²) in [6, 6.07) is 0. The number of nitrogens with zero attached hydrogens (tertiary/aromatic N) is 4. The number of hydrogen-bond donors (Lipinski definition) is 0. The van der Waals surface area contributed by atoms with Gasteiger partial charge in [-0.1, -0.05) is 6.08 Å². The minimum Gasteiger partial charge on any atom is -0.474 e. The Balaban J connectivity index is 1.58. The van der Waals surface area contributed by atoms with Crippen LogP contribution in [0.15, 0.2) is 6.08 Å². The Morgan fingerprint density at radius 3 is 3.10 bits per heavy atom. The molecule has 1 aromatic heterocycles. The Kier molecular flexibility index (Phi) is 4.35. The van der Waals surface area contributed by atoms with Gasteiger partial charge in [-0.2, -0.15) is 4.37 Å². The predicted molar refractivity (Wildman–Crippen MR) is 78.4 cm³/mol. The highest BCUT2D eigenvalue weighted by Crippen LogP contribution is 2.26. The third-order valence-corrected chi connectivity index (χ3v) is 4.06. The van der Waals surface area contributed by atoms with Crippen molar-refractivity contribution in [1.82, 2.24) is 18.5 Å². The number of likely N-dealkylation sites (N-methyl/N-ethyl adjacent to an activating group) is 1. The number of amides is 1. The Bertz CT molecular complexity index is 545. The summed E-state index contributed by atoms with van der Waals surface area (Å²) in [5, 5.41) is 0. The van der Waals surface area contributed by atoms with Crippen molar-refractivity contribution >= 4 is 23.4 Å². The number of ether oxygens (including phenoxy) is 2. The van der Waals surface area contributed by atoms with Gasteiger partial charge < -0.3 is 19.3 Å². The maximum absolute atomic E-state index is 11.3. The van der Waals surface area contributed by atoms with E-state index in [9.17, 15) is 4.79 Å². The van der Waals surface area contributed by atoms with E-state index in [0.29, 0.717) is 32.2 Å². The lowest BCUT2D eigenvalue weighted by atomic mass is 10.1. The first-order valence-electron chi connectivity index (χ1n) is 6.99. The topological polar surface area (TPSA) is 67.8 Å². The molecule has 1 saturated heterocycles. The molecule has 1 aromatic rings. The number of cyclic esters (lactones) is 1. The first-order chi connectivity index (χ1) is 10.2. The molecule has 0 atom stereocenters. The Labute approximate surface area is 127 Å². The number of aromatic nitrogens is 2. The van der Waals surface area contributed by atoms with Gasteiger partial charge >= 0.3 is 6.09 Å². The summed E-state index contributed by atoms with van der Waals surface area (Å²) in [5.74, 6) is 0.564. The van der Waals surface area contributed by atoms with Crippen LogP contribution in [0.4, 0.5) is 4.79 Å². The SMILES string of the molecule is CN1CCC=C(c2nsnc2OCCN2CCOC2=O)C1. The van der Waals surface area contributed by atoms with Crippen LogP contribution < -0.4 is 4.74 Å². The lowest BCUT2D eigenvalue weighted by Crippen LogP contribution is -2.29. The van der Waals surface area contributed by atoms with E-state index in [2.05, 4.69) is 26.8 Å². The molecule has 0 unspecified atom stereocenters. The van der Waals surface area contributed by atoms with Crippen LogP contribution in [0.5, 0.6) is 5.88 Å². The highest BCUT2D eigenvalue weighted by Gasteiger charge is 2.22.